The Balaban J connectivity index is 1.49. The van der Waals surface area contributed by atoms with Crippen molar-refractivity contribution < 1.29 is 4.79 Å². The van der Waals surface area contributed by atoms with Crippen molar-refractivity contribution in [1.29, 1.82) is 0 Å². The van der Waals surface area contributed by atoms with Crippen LogP contribution in [0.5, 0.6) is 0 Å². The van der Waals surface area contributed by atoms with E-state index in [1.807, 2.05) is 54.6 Å². The molecule has 206 valence electrons. The van der Waals surface area contributed by atoms with Crippen molar-refractivity contribution in [3.63, 3.8) is 0 Å². The molecular formula is C41H31NO. The molecule has 6 aromatic rings. The van der Waals surface area contributed by atoms with Crippen LogP contribution in [0.15, 0.2) is 170 Å². The molecule has 0 unspecified atom stereocenters. The Morgan fingerprint density at radius 2 is 1.05 bits per heavy atom. The maximum absolute atomic E-state index is 11.5. The van der Waals surface area contributed by atoms with Gasteiger partial charge in [0, 0.05) is 28.4 Å². The van der Waals surface area contributed by atoms with Gasteiger partial charge in [0.25, 0.3) is 0 Å². The van der Waals surface area contributed by atoms with Crippen LogP contribution < -0.4 is 4.90 Å². The number of rotatable bonds is 9. The molecule has 0 spiro atoms. The SMILES string of the molecule is O=Cc1ccc(N(C=C(c2ccccc2)c2ccccc2)c2ccc(/C=C/C=C/c3ccccc3)c3ccccc23)cc1. The molecule has 0 saturated heterocycles. The summed E-state index contributed by atoms with van der Waals surface area (Å²) in [4.78, 5) is 13.7. The van der Waals surface area contributed by atoms with E-state index in [1.165, 1.54) is 5.56 Å². The molecule has 0 atom stereocenters. The minimum absolute atomic E-state index is 0.646. The molecule has 0 fully saturated rings. The van der Waals surface area contributed by atoms with E-state index in [-0.39, 0.29) is 0 Å². The van der Waals surface area contributed by atoms with Crippen LogP contribution in [-0.4, -0.2) is 6.29 Å². The number of benzene rings is 6. The number of allylic oxidation sites excluding steroid dienone is 2. The molecule has 0 saturated carbocycles. The smallest absolute Gasteiger partial charge is 0.150 e. The number of nitrogens with zero attached hydrogens (tertiary/aromatic N) is 1. The molecule has 43 heavy (non-hydrogen) atoms. The van der Waals surface area contributed by atoms with Crippen LogP contribution in [0, 0.1) is 0 Å². The minimum Gasteiger partial charge on any atom is -0.316 e. The molecule has 0 heterocycles. The molecule has 0 amide bonds. The highest BCUT2D eigenvalue weighted by Gasteiger charge is 2.15. The summed E-state index contributed by atoms with van der Waals surface area (Å²) < 4.78 is 0. The fourth-order valence-corrected chi connectivity index (χ4v) is 5.23. The van der Waals surface area contributed by atoms with Gasteiger partial charge in [-0.2, -0.15) is 0 Å². The molecular weight excluding hydrogens is 522 g/mol. The molecule has 6 aromatic carbocycles. The summed E-state index contributed by atoms with van der Waals surface area (Å²) in [6.45, 7) is 0. The number of fused-ring (bicyclic) bond motifs is 1. The highest BCUT2D eigenvalue weighted by atomic mass is 16.1. The Morgan fingerprint density at radius 3 is 1.67 bits per heavy atom. The highest BCUT2D eigenvalue weighted by Crippen LogP contribution is 2.37. The van der Waals surface area contributed by atoms with E-state index in [9.17, 15) is 4.79 Å². The average molecular weight is 554 g/mol. The van der Waals surface area contributed by atoms with Crippen LogP contribution in [0.25, 0.3) is 28.5 Å². The predicted octanol–water partition coefficient (Wildman–Crippen LogP) is 10.6. The first-order chi connectivity index (χ1) is 21.3. The standard InChI is InChI=1S/C41H31NO/c43-31-33-24-27-37(28-25-33)42(30-40(34-17-6-2-7-18-34)35-19-8-3-9-20-35)41-29-26-36(38-22-12-13-23-39(38)41)21-11-10-16-32-14-4-1-5-15-32/h1-31H/b16-10+,21-11+. The van der Waals surface area contributed by atoms with Gasteiger partial charge in [-0.15, -0.1) is 0 Å². The van der Waals surface area contributed by atoms with E-state index < -0.39 is 0 Å². The Morgan fingerprint density at radius 1 is 0.488 bits per heavy atom. The normalized spacial score (nSPS) is 11.2. The van der Waals surface area contributed by atoms with Crippen molar-refractivity contribution in [2.45, 2.75) is 0 Å². The first-order valence-electron chi connectivity index (χ1n) is 14.4. The quantitative estimate of drug-likeness (QED) is 0.131. The maximum Gasteiger partial charge on any atom is 0.150 e. The van der Waals surface area contributed by atoms with Gasteiger partial charge in [0.15, 0.2) is 0 Å². The van der Waals surface area contributed by atoms with Crippen LogP contribution in [0.3, 0.4) is 0 Å². The van der Waals surface area contributed by atoms with Crippen LogP contribution in [0.4, 0.5) is 11.4 Å². The van der Waals surface area contributed by atoms with Gasteiger partial charge in [0.2, 0.25) is 0 Å². The molecule has 0 aliphatic heterocycles. The highest BCUT2D eigenvalue weighted by molar-refractivity contribution is 6.02. The lowest BCUT2D eigenvalue weighted by Crippen LogP contribution is -2.11. The van der Waals surface area contributed by atoms with Gasteiger partial charge in [-0.3, -0.25) is 4.79 Å². The second kappa shape index (κ2) is 13.3. The summed E-state index contributed by atoms with van der Waals surface area (Å²) >= 11 is 0. The van der Waals surface area contributed by atoms with Crippen molar-refractivity contribution in [3.8, 4) is 0 Å². The second-order valence-electron chi connectivity index (χ2n) is 10.2. The van der Waals surface area contributed by atoms with Gasteiger partial charge in [0.05, 0.1) is 5.69 Å². The van der Waals surface area contributed by atoms with Crippen molar-refractivity contribution in [2.75, 3.05) is 4.90 Å². The van der Waals surface area contributed by atoms with Gasteiger partial charge >= 0.3 is 0 Å². The van der Waals surface area contributed by atoms with Crippen LogP contribution in [0.1, 0.15) is 32.6 Å². The zero-order valence-corrected chi connectivity index (χ0v) is 23.8. The van der Waals surface area contributed by atoms with E-state index in [4.69, 9.17) is 0 Å². The van der Waals surface area contributed by atoms with E-state index in [0.717, 1.165) is 50.7 Å². The molecule has 2 heteroatoms. The number of hydrogen-bond acceptors (Lipinski definition) is 2. The molecule has 0 N–H and O–H groups in total. The summed E-state index contributed by atoms with van der Waals surface area (Å²) in [5.41, 5.74) is 8.32. The Labute approximate surface area is 253 Å². The zero-order chi connectivity index (χ0) is 29.3. The van der Waals surface area contributed by atoms with Crippen LogP contribution in [0.2, 0.25) is 0 Å². The number of aldehydes is 1. The predicted molar refractivity (Wildman–Crippen MR) is 182 cm³/mol. The van der Waals surface area contributed by atoms with Gasteiger partial charge in [-0.05, 0) is 58.0 Å². The fourth-order valence-electron chi connectivity index (χ4n) is 5.23. The number of carbonyl (C=O) groups is 1. The molecule has 0 bridgehead atoms. The van der Waals surface area contributed by atoms with Crippen molar-refractivity contribution in [2.24, 2.45) is 0 Å². The van der Waals surface area contributed by atoms with Crippen molar-refractivity contribution in [3.05, 3.63) is 198 Å². The molecule has 6 rings (SSSR count). The first-order valence-corrected chi connectivity index (χ1v) is 14.4. The molecule has 0 aliphatic carbocycles. The van der Waals surface area contributed by atoms with Crippen LogP contribution >= 0.6 is 0 Å². The largest absolute Gasteiger partial charge is 0.316 e. The maximum atomic E-state index is 11.5. The third kappa shape index (κ3) is 6.45. The lowest BCUT2D eigenvalue weighted by molar-refractivity contribution is 0.112. The summed E-state index contributed by atoms with van der Waals surface area (Å²) in [6, 6.07) is 51.8. The number of carbonyl (C=O) groups excluding carboxylic acids is 1. The van der Waals surface area contributed by atoms with Gasteiger partial charge < -0.3 is 4.90 Å². The van der Waals surface area contributed by atoms with E-state index in [2.05, 4.69) is 132 Å². The monoisotopic (exact) mass is 553 g/mol. The zero-order valence-electron chi connectivity index (χ0n) is 23.8. The molecule has 2 nitrogen and oxygen atoms in total. The van der Waals surface area contributed by atoms with E-state index >= 15 is 0 Å². The number of anilines is 2. The van der Waals surface area contributed by atoms with Gasteiger partial charge in [0.1, 0.15) is 6.29 Å². The summed E-state index contributed by atoms with van der Waals surface area (Å²) in [7, 11) is 0. The lowest BCUT2D eigenvalue weighted by atomic mass is 9.97. The van der Waals surface area contributed by atoms with E-state index in [1.54, 1.807) is 0 Å². The molecule has 0 aromatic heterocycles. The summed E-state index contributed by atoms with van der Waals surface area (Å²) in [5, 5.41) is 2.29. The average Bonchev–Trinajstić information content (AvgIpc) is 3.09. The van der Waals surface area contributed by atoms with Gasteiger partial charge in [-0.1, -0.05) is 146 Å². The fraction of sp³-hybridized carbons (Fsp3) is 0. The number of hydrogen-bond donors (Lipinski definition) is 0. The first kappa shape index (κ1) is 27.4. The topological polar surface area (TPSA) is 20.3 Å². The Bertz CT molecular complexity index is 1860. The minimum atomic E-state index is 0.646. The van der Waals surface area contributed by atoms with Crippen molar-refractivity contribution >= 4 is 46.2 Å². The lowest BCUT2D eigenvalue weighted by Gasteiger charge is -2.25. The molecule has 0 aliphatic rings. The molecule has 0 radical (unpaired) electrons. The van der Waals surface area contributed by atoms with Crippen LogP contribution in [-0.2, 0) is 0 Å². The van der Waals surface area contributed by atoms with Gasteiger partial charge in [-0.25, -0.2) is 0 Å². The van der Waals surface area contributed by atoms with E-state index in [0.29, 0.717) is 5.56 Å². The summed E-state index contributed by atoms with van der Waals surface area (Å²) in [5.74, 6) is 0. The third-order valence-electron chi connectivity index (χ3n) is 7.40. The Kier molecular flexibility index (Phi) is 8.48. The second-order valence-corrected chi connectivity index (χ2v) is 10.2. The van der Waals surface area contributed by atoms with Crippen molar-refractivity contribution in [1.82, 2.24) is 0 Å². The third-order valence-corrected chi connectivity index (χ3v) is 7.40. The summed E-state index contributed by atoms with van der Waals surface area (Å²) in [6.07, 6.45) is 11.5. The Hall–Kier alpha value is -5.73.